The van der Waals surface area contributed by atoms with Gasteiger partial charge in [-0.05, 0) is 13.3 Å². The maximum Gasteiger partial charge on any atom is 0.305 e. The van der Waals surface area contributed by atoms with E-state index in [0.29, 0.717) is 12.8 Å². The normalized spacial score (nSPS) is 11.9. The molecule has 0 aliphatic rings. The topological polar surface area (TPSA) is 83.5 Å². The van der Waals surface area contributed by atoms with Gasteiger partial charge in [0.2, 0.25) is 5.91 Å². The Bertz CT molecular complexity index is 237. The molecule has 0 saturated heterocycles. The Morgan fingerprint density at radius 1 is 1.36 bits per heavy atom. The molecule has 0 saturated carbocycles. The minimum atomic E-state index is -1.10. The van der Waals surface area contributed by atoms with Gasteiger partial charge in [-0.15, -0.1) is 0 Å². The fourth-order valence-electron chi connectivity index (χ4n) is 0.965. The number of carboxylic acids is 1. The summed E-state index contributed by atoms with van der Waals surface area (Å²) in [5, 5.41) is 10.9. The molecule has 14 heavy (non-hydrogen) atoms. The number of carbonyl (C=O) groups is 3. The molecule has 0 aromatic heterocycles. The van der Waals surface area contributed by atoms with Crippen LogP contribution in [0.3, 0.4) is 0 Å². The molecule has 0 aromatic carbocycles. The van der Waals surface area contributed by atoms with Crippen molar-refractivity contribution >= 4 is 17.7 Å². The Morgan fingerprint density at radius 2 is 1.93 bits per heavy atom. The molecule has 1 atom stereocenters. The smallest absolute Gasteiger partial charge is 0.305 e. The largest absolute Gasteiger partial charge is 0.481 e. The monoisotopic (exact) mass is 201 g/mol. The van der Waals surface area contributed by atoms with Crippen LogP contribution < -0.4 is 5.32 Å². The molecule has 0 aliphatic carbocycles. The number of Topliss-reactive ketones (excluding diaryl/α,β-unsaturated/α-hetero) is 1. The molecule has 0 unspecified atom stereocenters. The zero-order chi connectivity index (χ0) is 11.1. The number of carbonyl (C=O) groups excluding carboxylic acids is 2. The second kappa shape index (κ2) is 6.12. The lowest BCUT2D eigenvalue weighted by molar-refractivity contribution is -0.139. The second-order valence-corrected chi connectivity index (χ2v) is 3.08. The van der Waals surface area contributed by atoms with E-state index in [4.69, 9.17) is 5.11 Å². The first kappa shape index (κ1) is 12.6. The van der Waals surface area contributed by atoms with E-state index in [-0.39, 0.29) is 18.1 Å². The molecule has 0 bridgehead atoms. The highest BCUT2D eigenvalue weighted by molar-refractivity contribution is 5.90. The van der Waals surface area contributed by atoms with Crippen molar-refractivity contribution in [1.82, 2.24) is 5.32 Å². The van der Waals surface area contributed by atoms with E-state index in [0.717, 1.165) is 0 Å². The van der Waals surface area contributed by atoms with Crippen LogP contribution in [0.2, 0.25) is 0 Å². The van der Waals surface area contributed by atoms with Gasteiger partial charge in [0.25, 0.3) is 0 Å². The Hall–Kier alpha value is -1.39. The van der Waals surface area contributed by atoms with Gasteiger partial charge in [0, 0.05) is 6.42 Å². The maximum atomic E-state index is 11.1. The predicted octanol–water partition coefficient (Wildman–Crippen LogP) is 0.335. The van der Waals surface area contributed by atoms with Crippen LogP contribution in [-0.2, 0) is 14.4 Å². The van der Waals surface area contributed by atoms with Gasteiger partial charge in [-0.3, -0.25) is 14.4 Å². The number of carboxylic acid groups (broad SMARTS) is 1. The van der Waals surface area contributed by atoms with E-state index >= 15 is 0 Å². The third kappa shape index (κ3) is 5.29. The standard InChI is InChI=1S/C9H15NO4/c1-3-4-8(12)10-7(6(2)11)5-9(13)14/h7H,3-5H2,1-2H3,(H,10,12)(H,13,14)/t7-/m0/s1. The van der Waals surface area contributed by atoms with Gasteiger partial charge in [0.05, 0.1) is 12.5 Å². The number of aliphatic carboxylic acids is 1. The van der Waals surface area contributed by atoms with Crippen molar-refractivity contribution in [3.8, 4) is 0 Å². The summed E-state index contributed by atoms with van der Waals surface area (Å²) in [4.78, 5) is 32.4. The zero-order valence-electron chi connectivity index (χ0n) is 8.37. The SMILES string of the molecule is CCCC(=O)N[C@@H](CC(=O)O)C(C)=O. The van der Waals surface area contributed by atoms with E-state index in [9.17, 15) is 14.4 Å². The summed E-state index contributed by atoms with van der Waals surface area (Å²) < 4.78 is 0. The minimum Gasteiger partial charge on any atom is -0.481 e. The Kier molecular flexibility index (Phi) is 5.52. The first-order valence-electron chi connectivity index (χ1n) is 4.49. The average Bonchev–Trinajstić information content (AvgIpc) is 2.02. The molecule has 0 radical (unpaired) electrons. The van der Waals surface area contributed by atoms with E-state index in [1.807, 2.05) is 6.92 Å². The third-order valence-corrected chi connectivity index (χ3v) is 1.68. The molecule has 0 aromatic rings. The number of nitrogens with one attached hydrogen (secondary N) is 1. The van der Waals surface area contributed by atoms with Crippen LogP contribution in [0, 0.1) is 0 Å². The van der Waals surface area contributed by atoms with Crippen molar-refractivity contribution in [2.24, 2.45) is 0 Å². The van der Waals surface area contributed by atoms with Crippen LogP contribution in [-0.4, -0.2) is 28.8 Å². The molecular weight excluding hydrogens is 186 g/mol. The average molecular weight is 201 g/mol. The minimum absolute atomic E-state index is 0.283. The van der Waals surface area contributed by atoms with Gasteiger partial charge in [0.15, 0.2) is 5.78 Å². The van der Waals surface area contributed by atoms with Crippen molar-refractivity contribution < 1.29 is 19.5 Å². The Morgan fingerprint density at radius 3 is 2.29 bits per heavy atom. The molecule has 5 nitrogen and oxygen atoms in total. The predicted molar refractivity (Wildman–Crippen MR) is 49.8 cm³/mol. The van der Waals surface area contributed by atoms with Gasteiger partial charge in [-0.25, -0.2) is 0 Å². The number of rotatable bonds is 6. The zero-order valence-corrected chi connectivity index (χ0v) is 8.37. The van der Waals surface area contributed by atoms with Gasteiger partial charge in [0.1, 0.15) is 0 Å². The number of amides is 1. The highest BCUT2D eigenvalue weighted by atomic mass is 16.4. The summed E-state index contributed by atoms with van der Waals surface area (Å²) >= 11 is 0. The van der Waals surface area contributed by atoms with Crippen molar-refractivity contribution in [1.29, 1.82) is 0 Å². The number of hydrogen-bond acceptors (Lipinski definition) is 3. The lowest BCUT2D eigenvalue weighted by Crippen LogP contribution is -2.41. The first-order chi connectivity index (χ1) is 6.47. The highest BCUT2D eigenvalue weighted by Gasteiger charge is 2.19. The van der Waals surface area contributed by atoms with Crippen LogP contribution in [0.4, 0.5) is 0 Å². The fourth-order valence-corrected chi connectivity index (χ4v) is 0.965. The summed E-state index contributed by atoms with van der Waals surface area (Å²) in [5.41, 5.74) is 0. The summed E-state index contributed by atoms with van der Waals surface area (Å²) in [6.45, 7) is 3.10. The van der Waals surface area contributed by atoms with Crippen LogP contribution in [0.25, 0.3) is 0 Å². The molecule has 0 heterocycles. The van der Waals surface area contributed by atoms with Crippen LogP contribution in [0.5, 0.6) is 0 Å². The maximum absolute atomic E-state index is 11.1. The van der Waals surface area contributed by atoms with Crippen molar-refractivity contribution in [2.45, 2.75) is 39.2 Å². The molecule has 1 amide bonds. The molecule has 5 heteroatoms. The molecule has 0 rings (SSSR count). The van der Waals surface area contributed by atoms with E-state index < -0.39 is 12.0 Å². The van der Waals surface area contributed by atoms with Gasteiger partial charge >= 0.3 is 5.97 Å². The highest BCUT2D eigenvalue weighted by Crippen LogP contribution is 1.96. The second-order valence-electron chi connectivity index (χ2n) is 3.08. The van der Waals surface area contributed by atoms with Crippen LogP contribution in [0.15, 0.2) is 0 Å². The first-order valence-corrected chi connectivity index (χ1v) is 4.49. The molecule has 0 fully saturated rings. The van der Waals surface area contributed by atoms with Gasteiger partial charge in [-0.1, -0.05) is 6.92 Å². The fraction of sp³-hybridized carbons (Fsp3) is 0.667. The number of ketones is 1. The summed E-state index contributed by atoms with van der Waals surface area (Å²) in [6.07, 6.45) is 0.623. The molecule has 0 spiro atoms. The van der Waals surface area contributed by atoms with E-state index in [1.54, 1.807) is 0 Å². The quantitative estimate of drug-likeness (QED) is 0.648. The summed E-state index contributed by atoms with van der Waals surface area (Å²) in [7, 11) is 0. The van der Waals surface area contributed by atoms with Crippen LogP contribution in [0.1, 0.15) is 33.1 Å². The summed E-state index contributed by atoms with van der Waals surface area (Å²) in [5.74, 6) is -1.71. The van der Waals surface area contributed by atoms with E-state index in [2.05, 4.69) is 5.32 Å². The summed E-state index contributed by atoms with van der Waals surface area (Å²) in [6, 6.07) is -0.897. The number of hydrogen-bond donors (Lipinski definition) is 2. The van der Waals surface area contributed by atoms with Gasteiger partial charge in [-0.2, -0.15) is 0 Å². The van der Waals surface area contributed by atoms with E-state index in [1.165, 1.54) is 6.92 Å². The van der Waals surface area contributed by atoms with Crippen molar-refractivity contribution in [2.75, 3.05) is 0 Å². The molecule has 80 valence electrons. The molecule has 2 N–H and O–H groups in total. The van der Waals surface area contributed by atoms with Crippen molar-refractivity contribution in [3.63, 3.8) is 0 Å². The lowest BCUT2D eigenvalue weighted by Gasteiger charge is -2.12. The molecule has 0 aliphatic heterocycles. The Balaban J connectivity index is 4.16. The van der Waals surface area contributed by atoms with Crippen molar-refractivity contribution in [3.05, 3.63) is 0 Å². The lowest BCUT2D eigenvalue weighted by atomic mass is 10.1. The molecular formula is C9H15NO4. The van der Waals surface area contributed by atoms with Crippen LogP contribution >= 0.6 is 0 Å². The van der Waals surface area contributed by atoms with Gasteiger partial charge < -0.3 is 10.4 Å². The Labute approximate surface area is 82.5 Å². The third-order valence-electron chi connectivity index (χ3n) is 1.68.